The van der Waals surface area contributed by atoms with Crippen LogP contribution in [-0.2, 0) is 5.41 Å². The van der Waals surface area contributed by atoms with E-state index in [9.17, 15) is 0 Å². The van der Waals surface area contributed by atoms with Crippen LogP contribution in [0.3, 0.4) is 0 Å². The van der Waals surface area contributed by atoms with Crippen LogP contribution in [0.15, 0.2) is 180 Å². The molecule has 0 bridgehead atoms. The summed E-state index contributed by atoms with van der Waals surface area (Å²) < 4.78 is 8.85. The first-order valence-corrected chi connectivity index (χ1v) is 15.4. The van der Waals surface area contributed by atoms with Gasteiger partial charge in [-0.1, -0.05) is 133 Å². The minimum atomic E-state index is -0.522. The third-order valence-corrected chi connectivity index (χ3v) is 9.34. The Morgan fingerprint density at radius 1 is 0.356 bits per heavy atom. The number of benzene rings is 7. The van der Waals surface area contributed by atoms with Crippen molar-refractivity contribution >= 4 is 43.7 Å². The summed E-state index contributed by atoms with van der Waals surface area (Å²) in [5, 5.41) is 4.73. The lowest BCUT2D eigenvalue weighted by Crippen LogP contribution is -2.30. The Labute approximate surface area is 261 Å². The molecule has 0 N–H and O–H groups in total. The second kappa shape index (κ2) is 10.1. The topological polar surface area (TPSA) is 18.1 Å². The highest BCUT2D eigenvalue weighted by molar-refractivity contribution is 6.10. The van der Waals surface area contributed by atoms with Gasteiger partial charge in [-0.25, -0.2) is 0 Å². The van der Waals surface area contributed by atoms with E-state index in [-0.39, 0.29) is 0 Å². The molecule has 2 aromatic heterocycles. The summed E-state index contributed by atoms with van der Waals surface area (Å²) in [6.07, 6.45) is 0. The Morgan fingerprint density at radius 3 is 1.33 bits per heavy atom. The number of rotatable bonds is 5. The molecule has 0 spiro atoms. The molecule has 0 fully saturated rings. The number of fused-ring (bicyclic) bond motifs is 6. The minimum Gasteiger partial charge on any atom is -0.456 e. The number of hydrogen-bond donors (Lipinski definition) is 0. The molecular weight excluding hydrogens is 546 g/mol. The molecular formula is C43H29NO. The molecule has 0 amide bonds. The van der Waals surface area contributed by atoms with Gasteiger partial charge in [-0.2, -0.15) is 0 Å². The molecule has 0 aliphatic carbocycles. The first kappa shape index (κ1) is 25.6. The SMILES string of the molecule is c1ccc(C(c2ccccc2)(c2ccccc2)c2ccc3oc4ccc(-n5c6ccccc6c6ccccc65)cc4c3c2)cc1. The van der Waals surface area contributed by atoms with Gasteiger partial charge in [-0.3, -0.25) is 0 Å². The normalized spacial score (nSPS) is 12.0. The summed E-state index contributed by atoms with van der Waals surface area (Å²) in [6.45, 7) is 0. The fourth-order valence-corrected chi connectivity index (χ4v) is 7.40. The van der Waals surface area contributed by atoms with E-state index in [0.29, 0.717) is 0 Å². The molecule has 2 nitrogen and oxygen atoms in total. The van der Waals surface area contributed by atoms with Crippen LogP contribution in [0.2, 0.25) is 0 Å². The zero-order valence-electron chi connectivity index (χ0n) is 24.6. The van der Waals surface area contributed by atoms with Crippen LogP contribution in [0.1, 0.15) is 22.3 Å². The highest BCUT2D eigenvalue weighted by atomic mass is 16.3. The summed E-state index contributed by atoms with van der Waals surface area (Å²) in [5.41, 5.74) is 9.63. The second-order valence-electron chi connectivity index (χ2n) is 11.7. The maximum absolute atomic E-state index is 6.48. The fraction of sp³-hybridized carbons (Fsp3) is 0.0233. The largest absolute Gasteiger partial charge is 0.456 e. The van der Waals surface area contributed by atoms with Crippen LogP contribution < -0.4 is 0 Å². The quantitative estimate of drug-likeness (QED) is 0.187. The Bertz CT molecular complexity index is 2320. The zero-order valence-corrected chi connectivity index (χ0v) is 24.6. The Balaban J connectivity index is 1.34. The minimum absolute atomic E-state index is 0.522. The van der Waals surface area contributed by atoms with E-state index in [1.54, 1.807) is 0 Å². The van der Waals surface area contributed by atoms with Gasteiger partial charge in [0.15, 0.2) is 0 Å². The molecule has 0 unspecified atom stereocenters. The van der Waals surface area contributed by atoms with Gasteiger partial charge in [0.2, 0.25) is 0 Å². The number of nitrogens with zero attached hydrogens (tertiary/aromatic N) is 1. The average molecular weight is 576 g/mol. The van der Waals surface area contributed by atoms with Crippen molar-refractivity contribution in [1.82, 2.24) is 4.57 Å². The number of para-hydroxylation sites is 2. The Kier molecular flexibility index (Phi) is 5.76. The average Bonchev–Trinajstić information content (AvgIpc) is 3.65. The standard InChI is InChI=1S/C43H29NO/c1-4-14-30(15-5-1)43(31-16-6-2-7-17-31,32-18-8-3-9-19-32)33-24-26-41-37(28-33)38-29-34(25-27-42(38)45-41)44-39-22-12-10-20-35(39)36-21-11-13-23-40(36)44/h1-29H. The van der Waals surface area contributed by atoms with Crippen LogP contribution in [0.4, 0.5) is 0 Å². The van der Waals surface area contributed by atoms with Crippen molar-refractivity contribution in [2.24, 2.45) is 0 Å². The summed E-state index contributed by atoms with van der Waals surface area (Å²) >= 11 is 0. The van der Waals surface area contributed by atoms with Crippen molar-refractivity contribution in [3.8, 4) is 5.69 Å². The van der Waals surface area contributed by atoms with Crippen LogP contribution in [0, 0.1) is 0 Å². The molecule has 2 heterocycles. The molecule has 0 saturated heterocycles. The molecule has 45 heavy (non-hydrogen) atoms. The smallest absolute Gasteiger partial charge is 0.135 e. The van der Waals surface area contributed by atoms with E-state index in [4.69, 9.17) is 4.42 Å². The molecule has 0 aliphatic rings. The highest BCUT2D eigenvalue weighted by Gasteiger charge is 2.38. The monoisotopic (exact) mass is 575 g/mol. The highest BCUT2D eigenvalue weighted by Crippen LogP contribution is 2.46. The van der Waals surface area contributed by atoms with Gasteiger partial charge in [0, 0.05) is 27.2 Å². The van der Waals surface area contributed by atoms with Gasteiger partial charge >= 0.3 is 0 Å². The van der Waals surface area contributed by atoms with E-state index >= 15 is 0 Å². The van der Waals surface area contributed by atoms with E-state index < -0.39 is 5.41 Å². The lowest BCUT2D eigenvalue weighted by Gasteiger charge is -2.36. The maximum Gasteiger partial charge on any atom is 0.135 e. The van der Waals surface area contributed by atoms with Crippen LogP contribution in [0.25, 0.3) is 49.4 Å². The molecule has 0 saturated carbocycles. The molecule has 212 valence electrons. The summed E-state index contributed by atoms with van der Waals surface area (Å²) in [5.74, 6) is 0. The molecule has 2 heteroatoms. The zero-order chi connectivity index (χ0) is 29.8. The lowest BCUT2D eigenvalue weighted by molar-refractivity contribution is 0.668. The van der Waals surface area contributed by atoms with E-state index in [0.717, 1.165) is 27.6 Å². The van der Waals surface area contributed by atoms with Gasteiger partial charge in [-0.15, -0.1) is 0 Å². The van der Waals surface area contributed by atoms with E-state index in [1.807, 2.05) is 0 Å². The molecule has 0 radical (unpaired) electrons. The van der Waals surface area contributed by atoms with Gasteiger partial charge in [0.25, 0.3) is 0 Å². The van der Waals surface area contributed by atoms with E-state index in [1.165, 1.54) is 44.1 Å². The van der Waals surface area contributed by atoms with Crippen LogP contribution in [-0.4, -0.2) is 4.57 Å². The van der Waals surface area contributed by atoms with Crippen LogP contribution >= 0.6 is 0 Å². The first-order chi connectivity index (χ1) is 22.3. The number of furan rings is 1. The maximum atomic E-state index is 6.48. The molecule has 0 aliphatic heterocycles. The van der Waals surface area contributed by atoms with Crippen molar-refractivity contribution in [3.05, 3.63) is 198 Å². The summed E-state index contributed by atoms with van der Waals surface area (Å²) in [7, 11) is 0. The summed E-state index contributed by atoms with van der Waals surface area (Å²) in [4.78, 5) is 0. The van der Waals surface area contributed by atoms with E-state index in [2.05, 4.69) is 180 Å². The van der Waals surface area contributed by atoms with Gasteiger partial charge in [0.1, 0.15) is 11.2 Å². The number of hydrogen-bond acceptors (Lipinski definition) is 1. The lowest BCUT2D eigenvalue weighted by atomic mass is 9.65. The molecule has 0 atom stereocenters. The first-order valence-electron chi connectivity index (χ1n) is 15.4. The third-order valence-electron chi connectivity index (χ3n) is 9.34. The predicted octanol–water partition coefficient (Wildman–Crippen LogP) is 11.1. The number of aromatic nitrogens is 1. The summed E-state index contributed by atoms with van der Waals surface area (Å²) in [6, 6.07) is 63.2. The fourth-order valence-electron chi connectivity index (χ4n) is 7.40. The molecule has 9 aromatic rings. The van der Waals surface area contributed by atoms with Crippen molar-refractivity contribution in [2.45, 2.75) is 5.41 Å². The van der Waals surface area contributed by atoms with Crippen molar-refractivity contribution < 1.29 is 4.42 Å². The van der Waals surface area contributed by atoms with Crippen LogP contribution in [0.5, 0.6) is 0 Å². The molecule has 7 aromatic carbocycles. The van der Waals surface area contributed by atoms with Gasteiger partial charge in [-0.05, 0) is 64.7 Å². The third kappa shape index (κ3) is 3.82. The Hall–Kier alpha value is -5.86. The van der Waals surface area contributed by atoms with Gasteiger partial charge in [0.05, 0.1) is 16.4 Å². The predicted molar refractivity (Wildman–Crippen MR) is 186 cm³/mol. The van der Waals surface area contributed by atoms with Gasteiger partial charge < -0.3 is 8.98 Å². The second-order valence-corrected chi connectivity index (χ2v) is 11.7. The van der Waals surface area contributed by atoms with Crippen molar-refractivity contribution in [3.63, 3.8) is 0 Å². The Morgan fingerprint density at radius 2 is 0.800 bits per heavy atom. The van der Waals surface area contributed by atoms with Crippen molar-refractivity contribution in [2.75, 3.05) is 0 Å². The van der Waals surface area contributed by atoms with Crippen molar-refractivity contribution in [1.29, 1.82) is 0 Å². The molecule has 9 rings (SSSR count).